The maximum atomic E-state index is 10.0. The topological polar surface area (TPSA) is 51.2 Å². The first-order valence-corrected chi connectivity index (χ1v) is 12.5. The van der Waals surface area contributed by atoms with E-state index in [-0.39, 0.29) is 24.1 Å². The summed E-state index contributed by atoms with van der Waals surface area (Å²) in [5.41, 5.74) is 7.15. The van der Waals surface area contributed by atoms with Gasteiger partial charge in [-0.05, 0) is 66.3 Å². The molecule has 0 radical (unpaired) electrons. The highest BCUT2D eigenvalue weighted by molar-refractivity contribution is 5.52. The standard InChI is InChI=1S/C30H35NO4/c1-20-4-6-22(7-5-20)29-28(27-13-12-26(32)18-24(27)19-35-29)21-8-10-25(11-9-21)31-16-14-23(15-17-31)30(33-2)34-3/h4-13,18,23,28-30,32H,14-17,19H2,1-3H3/t28-,29-/m1/s1. The number of piperidine rings is 1. The third-order valence-corrected chi connectivity index (χ3v) is 7.60. The predicted octanol–water partition coefficient (Wildman–Crippen LogP) is 5.94. The Morgan fingerprint density at radius 1 is 0.886 bits per heavy atom. The molecule has 1 fully saturated rings. The average Bonchev–Trinajstić information content (AvgIpc) is 2.90. The van der Waals surface area contributed by atoms with E-state index in [1.54, 1.807) is 20.3 Å². The summed E-state index contributed by atoms with van der Waals surface area (Å²) in [6.45, 7) is 4.59. The van der Waals surface area contributed by atoms with Crippen LogP contribution in [-0.4, -0.2) is 38.7 Å². The van der Waals surface area contributed by atoms with Crippen molar-refractivity contribution in [2.75, 3.05) is 32.2 Å². The van der Waals surface area contributed by atoms with Crippen LogP contribution in [0.2, 0.25) is 0 Å². The van der Waals surface area contributed by atoms with Crippen molar-refractivity contribution in [1.29, 1.82) is 0 Å². The minimum Gasteiger partial charge on any atom is -0.508 e. The van der Waals surface area contributed by atoms with Crippen LogP contribution in [0.4, 0.5) is 5.69 Å². The SMILES string of the molecule is COC(OC)C1CCN(c2ccc([C@@H]3c4ccc(O)cc4CO[C@@H]3c3ccc(C)cc3)cc2)CC1. The molecule has 0 aromatic heterocycles. The van der Waals surface area contributed by atoms with Crippen LogP contribution < -0.4 is 4.90 Å². The second-order valence-electron chi connectivity index (χ2n) is 9.76. The minimum absolute atomic E-state index is 0.0611. The van der Waals surface area contributed by atoms with Crippen molar-refractivity contribution in [1.82, 2.24) is 0 Å². The molecule has 0 bridgehead atoms. The molecular formula is C30H35NO4. The number of aromatic hydroxyl groups is 1. The van der Waals surface area contributed by atoms with Crippen LogP contribution >= 0.6 is 0 Å². The number of nitrogens with zero attached hydrogens (tertiary/aromatic N) is 1. The molecule has 1 saturated heterocycles. The van der Waals surface area contributed by atoms with Gasteiger partial charge in [0, 0.05) is 44.8 Å². The van der Waals surface area contributed by atoms with E-state index >= 15 is 0 Å². The van der Waals surface area contributed by atoms with E-state index in [0.29, 0.717) is 12.5 Å². The maximum absolute atomic E-state index is 10.0. The lowest BCUT2D eigenvalue weighted by Gasteiger charge is -2.37. The first kappa shape index (κ1) is 23.9. The van der Waals surface area contributed by atoms with Gasteiger partial charge < -0.3 is 24.2 Å². The van der Waals surface area contributed by atoms with E-state index in [0.717, 1.165) is 31.5 Å². The molecule has 3 aromatic rings. The number of phenolic OH excluding ortho intramolecular Hbond substituents is 1. The number of ether oxygens (including phenoxy) is 3. The molecule has 2 aliphatic rings. The molecule has 5 nitrogen and oxygen atoms in total. The van der Waals surface area contributed by atoms with Gasteiger partial charge in [0.25, 0.3) is 0 Å². The van der Waals surface area contributed by atoms with E-state index in [9.17, 15) is 5.11 Å². The van der Waals surface area contributed by atoms with Gasteiger partial charge >= 0.3 is 0 Å². The lowest BCUT2D eigenvalue weighted by Crippen LogP contribution is -2.39. The number of aryl methyl sites for hydroxylation is 1. The monoisotopic (exact) mass is 473 g/mol. The largest absolute Gasteiger partial charge is 0.508 e. The molecule has 184 valence electrons. The van der Waals surface area contributed by atoms with Gasteiger partial charge in [0.05, 0.1) is 12.7 Å². The van der Waals surface area contributed by atoms with Crippen LogP contribution in [0.3, 0.4) is 0 Å². The second kappa shape index (κ2) is 10.4. The molecule has 1 N–H and O–H groups in total. The highest BCUT2D eigenvalue weighted by Gasteiger charge is 2.33. The van der Waals surface area contributed by atoms with Crippen molar-refractivity contribution in [3.63, 3.8) is 0 Å². The van der Waals surface area contributed by atoms with Crippen molar-refractivity contribution >= 4 is 5.69 Å². The van der Waals surface area contributed by atoms with Gasteiger partial charge in [0.15, 0.2) is 6.29 Å². The molecule has 0 spiro atoms. The molecule has 0 unspecified atom stereocenters. The number of hydrogen-bond donors (Lipinski definition) is 1. The number of fused-ring (bicyclic) bond motifs is 1. The van der Waals surface area contributed by atoms with Gasteiger partial charge in [0.2, 0.25) is 0 Å². The van der Waals surface area contributed by atoms with E-state index in [1.807, 2.05) is 6.07 Å². The van der Waals surface area contributed by atoms with Crippen molar-refractivity contribution in [3.05, 3.63) is 94.5 Å². The van der Waals surface area contributed by atoms with E-state index in [4.69, 9.17) is 14.2 Å². The van der Waals surface area contributed by atoms with Gasteiger partial charge in [-0.25, -0.2) is 0 Å². The van der Waals surface area contributed by atoms with Gasteiger partial charge in [-0.2, -0.15) is 0 Å². The maximum Gasteiger partial charge on any atom is 0.159 e. The van der Waals surface area contributed by atoms with Crippen LogP contribution in [0.15, 0.2) is 66.7 Å². The molecule has 5 heteroatoms. The minimum atomic E-state index is -0.121. The summed E-state index contributed by atoms with van der Waals surface area (Å²) in [6.07, 6.45) is 1.91. The number of anilines is 1. The molecular weight excluding hydrogens is 438 g/mol. The zero-order chi connectivity index (χ0) is 24.4. The Hall–Kier alpha value is -2.86. The summed E-state index contributed by atoms with van der Waals surface area (Å²) < 4.78 is 17.4. The molecule has 0 aliphatic carbocycles. The summed E-state index contributed by atoms with van der Waals surface area (Å²) in [4.78, 5) is 2.45. The van der Waals surface area contributed by atoms with Crippen molar-refractivity contribution in [2.45, 2.75) is 44.7 Å². The number of rotatable bonds is 6. The van der Waals surface area contributed by atoms with Crippen LogP contribution in [0.25, 0.3) is 0 Å². The third kappa shape index (κ3) is 4.94. The van der Waals surface area contributed by atoms with Gasteiger partial charge in [-0.3, -0.25) is 0 Å². The Balaban J connectivity index is 1.40. The smallest absolute Gasteiger partial charge is 0.159 e. The Kier molecular flexibility index (Phi) is 7.09. The van der Waals surface area contributed by atoms with Gasteiger partial charge in [-0.15, -0.1) is 0 Å². The highest BCUT2D eigenvalue weighted by atomic mass is 16.7. The fourth-order valence-electron chi connectivity index (χ4n) is 5.66. The molecule has 2 heterocycles. The lowest BCUT2D eigenvalue weighted by molar-refractivity contribution is -0.141. The number of benzene rings is 3. The van der Waals surface area contributed by atoms with E-state index < -0.39 is 0 Å². The number of hydrogen-bond acceptors (Lipinski definition) is 5. The Labute approximate surface area is 208 Å². The van der Waals surface area contributed by atoms with Crippen molar-refractivity contribution < 1.29 is 19.3 Å². The third-order valence-electron chi connectivity index (χ3n) is 7.60. The van der Waals surface area contributed by atoms with Gasteiger partial charge in [-0.1, -0.05) is 48.0 Å². The molecule has 2 aliphatic heterocycles. The first-order valence-electron chi connectivity index (χ1n) is 12.5. The zero-order valence-electron chi connectivity index (χ0n) is 20.8. The second-order valence-corrected chi connectivity index (χ2v) is 9.76. The summed E-state index contributed by atoms with van der Waals surface area (Å²) in [6, 6.07) is 23.3. The summed E-state index contributed by atoms with van der Waals surface area (Å²) in [7, 11) is 3.44. The summed E-state index contributed by atoms with van der Waals surface area (Å²) in [5, 5.41) is 10.0. The van der Waals surface area contributed by atoms with Gasteiger partial charge in [0.1, 0.15) is 5.75 Å². The normalized spacial score (nSPS) is 20.7. The summed E-state index contributed by atoms with van der Waals surface area (Å²) in [5.74, 6) is 0.775. The first-order chi connectivity index (χ1) is 17.1. The molecule has 0 saturated carbocycles. The fourth-order valence-corrected chi connectivity index (χ4v) is 5.66. The molecule has 5 rings (SSSR count). The van der Waals surface area contributed by atoms with Crippen LogP contribution in [-0.2, 0) is 20.8 Å². The molecule has 3 aromatic carbocycles. The number of phenols is 1. The summed E-state index contributed by atoms with van der Waals surface area (Å²) >= 11 is 0. The number of methoxy groups -OCH3 is 2. The fraction of sp³-hybridized carbons (Fsp3) is 0.400. The van der Waals surface area contributed by atoms with Crippen LogP contribution in [0, 0.1) is 12.8 Å². The van der Waals surface area contributed by atoms with Crippen LogP contribution in [0.1, 0.15) is 52.7 Å². The predicted molar refractivity (Wildman–Crippen MR) is 138 cm³/mol. The Morgan fingerprint density at radius 3 is 2.20 bits per heavy atom. The molecule has 0 amide bonds. The zero-order valence-corrected chi connectivity index (χ0v) is 20.8. The lowest BCUT2D eigenvalue weighted by atomic mass is 9.79. The van der Waals surface area contributed by atoms with Crippen LogP contribution in [0.5, 0.6) is 5.75 Å². The Morgan fingerprint density at radius 2 is 1.54 bits per heavy atom. The average molecular weight is 474 g/mol. The molecule has 35 heavy (non-hydrogen) atoms. The van der Waals surface area contributed by atoms with Crippen molar-refractivity contribution in [2.24, 2.45) is 5.92 Å². The van der Waals surface area contributed by atoms with E-state index in [1.165, 1.54) is 27.9 Å². The highest BCUT2D eigenvalue weighted by Crippen LogP contribution is 2.45. The van der Waals surface area contributed by atoms with E-state index in [2.05, 4.69) is 66.4 Å². The van der Waals surface area contributed by atoms with Crippen molar-refractivity contribution in [3.8, 4) is 5.75 Å². The molecule has 2 atom stereocenters. The Bertz CT molecular complexity index is 1120. The quantitative estimate of drug-likeness (QED) is 0.449.